The summed E-state index contributed by atoms with van der Waals surface area (Å²) in [7, 11) is -3.49. The zero-order valence-corrected chi connectivity index (χ0v) is 14.8. The van der Waals surface area contributed by atoms with E-state index in [9.17, 15) is 23.1 Å². The van der Waals surface area contributed by atoms with Gasteiger partial charge >= 0.3 is 12.1 Å². The molecule has 0 aliphatic rings. The maximum Gasteiger partial charge on any atom is 0.408 e. The van der Waals surface area contributed by atoms with Crippen molar-refractivity contribution in [1.29, 1.82) is 0 Å². The van der Waals surface area contributed by atoms with Crippen LogP contribution in [0.15, 0.2) is 24.3 Å². The number of nitrogens with one attached hydrogen (secondary N) is 2. The van der Waals surface area contributed by atoms with Crippen molar-refractivity contribution < 1.29 is 27.9 Å². The van der Waals surface area contributed by atoms with E-state index in [0.717, 1.165) is 0 Å². The average molecular weight is 358 g/mol. The number of hydrogen-bond donors (Lipinski definition) is 3. The van der Waals surface area contributed by atoms with Crippen LogP contribution in [0.4, 0.5) is 10.5 Å². The summed E-state index contributed by atoms with van der Waals surface area (Å²) >= 11 is 0. The van der Waals surface area contributed by atoms with Gasteiger partial charge in [-0.3, -0.25) is 4.72 Å². The summed E-state index contributed by atoms with van der Waals surface area (Å²) in [4.78, 5) is 23.2. The van der Waals surface area contributed by atoms with Crippen molar-refractivity contribution in [3.8, 4) is 0 Å². The number of aliphatic carboxylic acids is 1. The molecule has 1 aromatic carbocycles. The molecule has 1 unspecified atom stereocenters. The molecule has 0 aromatic heterocycles. The van der Waals surface area contributed by atoms with Gasteiger partial charge in [-0.05, 0) is 45.4 Å². The molecule has 8 nitrogen and oxygen atoms in total. The molecular formula is C15H22N2O6S. The van der Waals surface area contributed by atoms with E-state index >= 15 is 0 Å². The first-order chi connectivity index (χ1) is 10.9. The number of carboxylic acids is 1. The van der Waals surface area contributed by atoms with E-state index in [1.807, 2.05) is 0 Å². The summed E-state index contributed by atoms with van der Waals surface area (Å²) in [5, 5.41) is 11.6. The third-order valence-corrected chi connectivity index (χ3v) is 4.09. The first kappa shape index (κ1) is 19.8. The number of carbonyl (C=O) groups excluding carboxylic acids is 1. The Balaban J connectivity index is 3.01. The van der Waals surface area contributed by atoms with Crippen molar-refractivity contribution in [3.63, 3.8) is 0 Å². The number of amides is 1. The smallest absolute Gasteiger partial charge is 0.408 e. The molecule has 0 radical (unpaired) electrons. The molecule has 9 heteroatoms. The van der Waals surface area contributed by atoms with Gasteiger partial charge in [0.05, 0.1) is 5.75 Å². The number of anilines is 1. The predicted molar refractivity (Wildman–Crippen MR) is 89.3 cm³/mol. The molecule has 1 rings (SSSR count). The van der Waals surface area contributed by atoms with Crippen LogP contribution in [0.3, 0.4) is 0 Å². The van der Waals surface area contributed by atoms with Crippen molar-refractivity contribution in [1.82, 2.24) is 5.32 Å². The van der Waals surface area contributed by atoms with Gasteiger partial charge in [0.15, 0.2) is 6.04 Å². The van der Waals surface area contributed by atoms with Crippen molar-refractivity contribution in [2.24, 2.45) is 0 Å². The normalized spacial score (nSPS) is 13.0. The second-order valence-electron chi connectivity index (χ2n) is 6.05. The van der Waals surface area contributed by atoms with Gasteiger partial charge in [-0.1, -0.05) is 12.1 Å². The number of benzene rings is 1. The molecule has 0 bridgehead atoms. The lowest BCUT2D eigenvalue weighted by Crippen LogP contribution is -2.38. The highest BCUT2D eigenvalue weighted by Crippen LogP contribution is 2.20. The van der Waals surface area contributed by atoms with Crippen LogP contribution in [0.5, 0.6) is 0 Å². The third kappa shape index (κ3) is 6.45. The van der Waals surface area contributed by atoms with E-state index in [4.69, 9.17) is 4.74 Å². The van der Waals surface area contributed by atoms with Gasteiger partial charge in [-0.15, -0.1) is 0 Å². The number of hydrogen-bond acceptors (Lipinski definition) is 5. The Kier molecular flexibility index (Phi) is 6.19. The summed E-state index contributed by atoms with van der Waals surface area (Å²) < 4.78 is 30.6. The first-order valence-corrected chi connectivity index (χ1v) is 8.91. The molecule has 0 heterocycles. The van der Waals surface area contributed by atoms with Gasteiger partial charge in [0.2, 0.25) is 10.0 Å². The van der Waals surface area contributed by atoms with Crippen LogP contribution in [0, 0.1) is 0 Å². The van der Waals surface area contributed by atoms with E-state index < -0.39 is 33.7 Å². The maximum absolute atomic E-state index is 11.8. The van der Waals surface area contributed by atoms with Crippen molar-refractivity contribution in [3.05, 3.63) is 29.8 Å². The molecule has 3 N–H and O–H groups in total. The SMILES string of the molecule is CCS(=O)(=O)Nc1cccc(C(NC(=O)OC(C)(C)C)C(=O)O)c1. The highest BCUT2D eigenvalue weighted by atomic mass is 32.2. The minimum atomic E-state index is -3.49. The lowest BCUT2D eigenvalue weighted by Gasteiger charge is -2.22. The molecular weight excluding hydrogens is 336 g/mol. The minimum absolute atomic E-state index is 0.115. The Bertz CT molecular complexity index is 709. The minimum Gasteiger partial charge on any atom is -0.479 e. The number of sulfonamides is 1. The van der Waals surface area contributed by atoms with Gasteiger partial charge < -0.3 is 15.2 Å². The van der Waals surface area contributed by atoms with Gasteiger partial charge in [-0.2, -0.15) is 0 Å². The van der Waals surface area contributed by atoms with Crippen LogP contribution in [-0.2, 0) is 19.6 Å². The third-order valence-electron chi connectivity index (χ3n) is 2.78. The van der Waals surface area contributed by atoms with Gasteiger partial charge in [-0.25, -0.2) is 18.0 Å². The van der Waals surface area contributed by atoms with Crippen LogP contribution in [-0.4, -0.2) is 36.9 Å². The fourth-order valence-corrected chi connectivity index (χ4v) is 2.38. The van der Waals surface area contributed by atoms with Crippen LogP contribution < -0.4 is 10.0 Å². The standard InChI is InChI=1S/C15H22N2O6S/c1-5-24(21,22)17-11-8-6-7-10(9-11)12(13(18)19)16-14(20)23-15(2,3)4/h6-9,12,17H,5H2,1-4H3,(H,16,20)(H,18,19). The Morgan fingerprint density at radius 1 is 1.29 bits per heavy atom. The van der Waals surface area contributed by atoms with E-state index in [1.54, 1.807) is 20.8 Å². The van der Waals surface area contributed by atoms with Crippen molar-refractivity contribution in [2.75, 3.05) is 10.5 Å². The second kappa shape index (κ2) is 7.52. The van der Waals surface area contributed by atoms with Crippen molar-refractivity contribution in [2.45, 2.75) is 39.3 Å². The molecule has 134 valence electrons. The van der Waals surface area contributed by atoms with Crippen LogP contribution in [0.2, 0.25) is 0 Å². The zero-order chi connectivity index (χ0) is 18.5. The molecule has 1 amide bonds. The van der Waals surface area contributed by atoms with Crippen molar-refractivity contribution >= 4 is 27.8 Å². The quantitative estimate of drug-likeness (QED) is 0.716. The Hall–Kier alpha value is -2.29. The number of alkyl carbamates (subject to hydrolysis) is 1. The molecule has 1 aromatic rings. The van der Waals surface area contributed by atoms with Crippen LogP contribution in [0.1, 0.15) is 39.3 Å². The monoisotopic (exact) mass is 358 g/mol. The maximum atomic E-state index is 11.8. The van der Waals surface area contributed by atoms with E-state index in [0.29, 0.717) is 0 Å². The van der Waals surface area contributed by atoms with Gasteiger partial charge in [0.25, 0.3) is 0 Å². The van der Waals surface area contributed by atoms with E-state index in [1.165, 1.54) is 31.2 Å². The second-order valence-corrected chi connectivity index (χ2v) is 8.06. The van der Waals surface area contributed by atoms with E-state index in [2.05, 4.69) is 10.0 Å². The molecule has 0 aliphatic carbocycles. The van der Waals surface area contributed by atoms with Crippen LogP contribution >= 0.6 is 0 Å². The largest absolute Gasteiger partial charge is 0.479 e. The molecule has 0 saturated heterocycles. The lowest BCUT2D eigenvalue weighted by molar-refractivity contribution is -0.139. The molecule has 0 fully saturated rings. The summed E-state index contributed by atoms with van der Waals surface area (Å²) in [6.45, 7) is 6.45. The summed E-state index contributed by atoms with van der Waals surface area (Å²) in [5.41, 5.74) is -0.345. The zero-order valence-electron chi connectivity index (χ0n) is 14.0. The van der Waals surface area contributed by atoms with Gasteiger partial charge in [0, 0.05) is 5.69 Å². The van der Waals surface area contributed by atoms with E-state index in [-0.39, 0.29) is 17.0 Å². The average Bonchev–Trinajstić information content (AvgIpc) is 2.42. The van der Waals surface area contributed by atoms with Gasteiger partial charge in [0.1, 0.15) is 5.60 Å². The Morgan fingerprint density at radius 3 is 2.42 bits per heavy atom. The summed E-state index contributed by atoms with van der Waals surface area (Å²) in [6, 6.07) is 4.44. The number of carboxylic acid groups (broad SMARTS) is 1. The number of carbonyl (C=O) groups is 2. The highest BCUT2D eigenvalue weighted by molar-refractivity contribution is 7.92. The molecule has 1 atom stereocenters. The Labute approximate surface area is 141 Å². The number of ether oxygens (including phenoxy) is 1. The topological polar surface area (TPSA) is 122 Å². The molecule has 0 saturated carbocycles. The summed E-state index contributed by atoms with van der Waals surface area (Å²) in [6.07, 6.45) is -0.880. The van der Waals surface area contributed by atoms with Crippen LogP contribution in [0.25, 0.3) is 0 Å². The highest BCUT2D eigenvalue weighted by Gasteiger charge is 2.25. The number of rotatable bonds is 6. The lowest BCUT2D eigenvalue weighted by atomic mass is 10.1. The molecule has 24 heavy (non-hydrogen) atoms. The Morgan fingerprint density at radius 2 is 1.92 bits per heavy atom. The fourth-order valence-electron chi connectivity index (χ4n) is 1.75. The predicted octanol–water partition coefficient (Wildman–Crippen LogP) is 2.10. The summed E-state index contributed by atoms with van der Waals surface area (Å²) in [5.74, 6) is -1.41. The molecule has 0 aliphatic heterocycles. The molecule has 0 spiro atoms. The first-order valence-electron chi connectivity index (χ1n) is 7.26. The fraction of sp³-hybridized carbons (Fsp3) is 0.467.